The summed E-state index contributed by atoms with van der Waals surface area (Å²) in [6.07, 6.45) is 2.35. The number of furan rings is 2. The van der Waals surface area contributed by atoms with E-state index < -0.39 is 0 Å². The standard InChI is InChI=1S/C56H46N2O2/c1-55(2)32-33-56(3,4)50-34-42(28-31-49(50)55)58(44-27-30-48-46-15-9-11-17-52(46)60-54(48)36-44)41-24-20-38(21-25-41)37-18-22-40(23-19-37)57(39-12-6-5-7-13-39)43-26-29-47-45-14-8-10-16-51(45)59-53(47)35-43/h5-31,34-36H,32-33H2,1-4H3. The first-order valence-corrected chi connectivity index (χ1v) is 21.0. The Morgan fingerprint density at radius 3 is 1.25 bits per heavy atom. The SMILES string of the molecule is CC1(C)CCC(C)(C)c2cc(N(c3ccc(-c4ccc(N(c5ccccc5)c5ccc6c(c5)oc5ccccc56)cc4)cc3)c3ccc4c(c3)oc3ccccc34)ccc21. The quantitative estimate of drug-likeness (QED) is 0.161. The molecule has 0 N–H and O–H groups in total. The number of anilines is 6. The van der Waals surface area contributed by atoms with Gasteiger partial charge in [0.05, 0.1) is 0 Å². The molecule has 2 heterocycles. The Morgan fingerprint density at radius 2 is 0.717 bits per heavy atom. The summed E-state index contributed by atoms with van der Waals surface area (Å²) in [5, 5.41) is 4.51. The molecule has 0 amide bonds. The van der Waals surface area contributed by atoms with Gasteiger partial charge in [-0.2, -0.15) is 0 Å². The molecule has 0 radical (unpaired) electrons. The van der Waals surface area contributed by atoms with Gasteiger partial charge in [-0.3, -0.25) is 0 Å². The Labute approximate surface area is 350 Å². The molecule has 8 aromatic carbocycles. The van der Waals surface area contributed by atoms with Crippen molar-refractivity contribution in [3.8, 4) is 11.1 Å². The van der Waals surface area contributed by atoms with Crippen molar-refractivity contribution in [3.05, 3.63) is 193 Å². The zero-order valence-electron chi connectivity index (χ0n) is 34.4. The largest absolute Gasteiger partial charge is 0.456 e. The van der Waals surface area contributed by atoms with E-state index in [0.717, 1.165) is 95.5 Å². The van der Waals surface area contributed by atoms with Gasteiger partial charge in [0, 0.05) is 67.8 Å². The van der Waals surface area contributed by atoms with Crippen LogP contribution in [0, 0.1) is 0 Å². The van der Waals surface area contributed by atoms with Crippen LogP contribution in [-0.4, -0.2) is 0 Å². The Balaban J connectivity index is 0.965. The minimum atomic E-state index is 0.0848. The van der Waals surface area contributed by atoms with E-state index in [9.17, 15) is 0 Å². The fourth-order valence-electron chi connectivity index (χ4n) is 9.50. The van der Waals surface area contributed by atoms with Crippen LogP contribution in [0.15, 0.2) is 191 Å². The normalized spacial score (nSPS) is 14.5. The van der Waals surface area contributed by atoms with E-state index in [1.165, 1.54) is 17.5 Å². The molecule has 4 nitrogen and oxygen atoms in total. The third-order valence-electron chi connectivity index (χ3n) is 12.9. The minimum Gasteiger partial charge on any atom is -0.456 e. The average molecular weight is 779 g/mol. The van der Waals surface area contributed by atoms with Crippen LogP contribution in [0.2, 0.25) is 0 Å². The Bertz CT molecular complexity index is 3210. The van der Waals surface area contributed by atoms with Gasteiger partial charge in [-0.15, -0.1) is 0 Å². The molecule has 0 bridgehead atoms. The summed E-state index contributed by atoms with van der Waals surface area (Å²) in [5.74, 6) is 0. The van der Waals surface area contributed by atoms with Crippen LogP contribution in [-0.2, 0) is 10.8 Å². The molecule has 0 fully saturated rings. The molecule has 11 rings (SSSR count). The molecule has 0 saturated heterocycles. The van der Waals surface area contributed by atoms with Gasteiger partial charge in [0.1, 0.15) is 22.3 Å². The lowest BCUT2D eigenvalue weighted by atomic mass is 9.63. The number of para-hydroxylation sites is 3. The maximum Gasteiger partial charge on any atom is 0.137 e. The van der Waals surface area contributed by atoms with E-state index in [1.807, 2.05) is 24.3 Å². The van der Waals surface area contributed by atoms with Crippen LogP contribution in [0.5, 0.6) is 0 Å². The zero-order chi connectivity index (χ0) is 40.6. The zero-order valence-corrected chi connectivity index (χ0v) is 34.4. The molecule has 60 heavy (non-hydrogen) atoms. The molecule has 292 valence electrons. The second-order valence-electron chi connectivity index (χ2n) is 17.7. The highest BCUT2D eigenvalue weighted by molar-refractivity contribution is 6.07. The number of fused-ring (bicyclic) bond motifs is 7. The van der Waals surface area contributed by atoms with Crippen LogP contribution >= 0.6 is 0 Å². The Morgan fingerprint density at radius 1 is 0.333 bits per heavy atom. The van der Waals surface area contributed by atoms with E-state index in [-0.39, 0.29) is 10.8 Å². The Kier molecular flexibility index (Phi) is 8.28. The molecule has 2 aromatic heterocycles. The molecule has 1 aliphatic rings. The van der Waals surface area contributed by atoms with Crippen molar-refractivity contribution in [2.45, 2.75) is 51.4 Å². The summed E-state index contributed by atoms with van der Waals surface area (Å²) >= 11 is 0. The number of hydrogen-bond donors (Lipinski definition) is 0. The van der Waals surface area contributed by atoms with Gasteiger partial charge in [-0.25, -0.2) is 0 Å². The molecular formula is C56H46N2O2. The summed E-state index contributed by atoms with van der Waals surface area (Å²) in [5.41, 5.74) is 15.5. The fraction of sp³-hybridized carbons (Fsp3) is 0.143. The second kappa shape index (κ2) is 13.8. The first-order chi connectivity index (χ1) is 29.2. The van der Waals surface area contributed by atoms with E-state index in [1.54, 1.807) is 0 Å². The van der Waals surface area contributed by atoms with Crippen molar-refractivity contribution in [2.24, 2.45) is 0 Å². The van der Waals surface area contributed by atoms with Gasteiger partial charge in [-0.1, -0.05) is 113 Å². The van der Waals surface area contributed by atoms with E-state index in [2.05, 4.69) is 195 Å². The fourth-order valence-corrected chi connectivity index (χ4v) is 9.50. The topological polar surface area (TPSA) is 32.8 Å². The maximum atomic E-state index is 6.42. The molecule has 0 atom stereocenters. The summed E-state index contributed by atoms with van der Waals surface area (Å²) in [6, 6.07) is 65.2. The molecule has 10 aromatic rings. The number of nitrogens with zero attached hydrogens (tertiary/aromatic N) is 2. The predicted octanol–water partition coefficient (Wildman–Crippen LogP) is 16.4. The maximum absolute atomic E-state index is 6.42. The summed E-state index contributed by atoms with van der Waals surface area (Å²) in [4.78, 5) is 4.67. The average Bonchev–Trinajstić information content (AvgIpc) is 3.84. The summed E-state index contributed by atoms with van der Waals surface area (Å²) < 4.78 is 12.7. The van der Waals surface area contributed by atoms with E-state index in [4.69, 9.17) is 8.83 Å². The van der Waals surface area contributed by atoms with Gasteiger partial charge in [0.25, 0.3) is 0 Å². The van der Waals surface area contributed by atoms with Crippen LogP contribution in [0.1, 0.15) is 51.7 Å². The van der Waals surface area contributed by atoms with Crippen molar-refractivity contribution in [2.75, 3.05) is 9.80 Å². The first kappa shape index (κ1) is 36.1. The lowest BCUT2D eigenvalue weighted by Gasteiger charge is -2.42. The second-order valence-corrected chi connectivity index (χ2v) is 17.7. The molecule has 0 unspecified atom stereocenters. The van der Waals surface area contributed by atoms with Crippen molar-refractivity contribution in [1.82, 2.24) is 0 Å². The van der Waals surface area contributed by atoms with E-state index >= 15 is 0 Å². The molecule has 0 saturated carbocycles. The molecule has 0 aliphatic heterocycles. The third-order valence-corrected chi connectivity index (χ3v) is 12.9. The highest BCUT2D eigenvalue weighted by Crippen LogP contribution is 2.49. The third kappa shape index (κ3) is 6.05. The lowest BCUT2D eigenvalue weighted by molar-refractivity contribution is 0.332. The summed E-state index contributed by atoms with van der Waals surface area (Å²) in [7, 11) is 0. The number of rotatable bonds is 7. The van der Waals surface area contributed by atoms with Gasteiger partial charge in [-0.05, 0) is 131 Å². The highest BCUT2D eigenvalue weighted by atomic mass is 16.3. The lowest BCUT2D eigenvalue weighted by Crippen LogP contribution is -2.34. The van der Waals surface area contributed by atoms with Crippen molar-refractivity contribution in [3.63, 3.8) is 0 Å². The highest BCUT2D eigenvalue weighted by Gasteiger charge is 2.37. The molecule has 4 heteroatoms. The predicted molar refractivity (Wildman–Crippen MR) is 251 cm³/mol. The van der Waals surface area contributed by atoms with Crippen LogP contribution in [0.3, 0.4) is 0 Å². The van der Waals surface area contributed by atoms with Crippen molar-refractivity contribution < 1.29 is 8.83 Å². The minimum absolute atomic E-state index is 0.0848. The molecular weight excluding hydrogens is 733 g/mol. The van der Waals surface area contributed by atoms with Gasteiger partial charge >= 0.3 is 0 Å². The first-order valence-electron chi connectivity index (χ1n) is 21.0. The summed E-state index contributed by atoms with van der Waals surface area (Å²) in [6.45, 7) is 9.57. The van der Waals surface area contributed by atoms with Gasteiger partial charge in [0.15, 0.2) is 0 Å². The van der Waals surface area contributed by atoms with Crippen LogP contribution < -0.4 is 9.80 Å². The van der Waals surface area contributed by atoms with Gasteiger partial charge in [0.2, 0.25) is 0 Å². The van der Waals surface area contributed by atoms with Crippen LogP contribution in [0.4, 0.5) is 34.1 Å². The number of benzene rings is 8. The molecule has 1 aliphatic carbocycles. The monoisotopic (exact) mass is 778 g/mol. The van der Waals surface area contributed by atoms with Crippen molar-refractivity contribution >= 4 is 78.0 Å². The van der Waals surface area contributed by atoms with E-state index in [0.29, 0.717) is 0 Å². The Hall–Kier alpha value is -7.04. The van der Waals surface area contributed by atoms with Crippen molar-refractivity contribution in [1.29, 1.82) is 0 Å². The molecule has 0 spiro atoms. The number of hydrogen-bond acceptors (Lipinski definition) is 4. The smallest absolute Gasteiger partial charge is 0.137 e. The van der Waals surface area contributed by atoms with Gasteiger partial charge < -0.3 is 18.6 Å². The van der Waals surface area contributed by atoms with Crippen LogP contribution in [0.25, 0.3) is 55.0 Å².